The number of rotatable bonds is 4. The van der Waals surface area contributed by atoms with E-state index in [1.807, 2.05) is 6.92 Å². The molecule has 0 unspecified atom stereocenters. The Hall–Kier alpha value is -0.380. The molecule has 1 aliphatic rings. The van der Waals surface area contributed by atoms with Crippen molar-refractivity contribution in [2.45, 2.75) is 33.1 Å². The van der Waals surface area contributed by atoms with Gasteiger partial charge in [-0.1, -0.05) is 25.8 Å². The lowest BCUT2D eigenvalue weighted by Gasteiger charge is -2.27. The normalized spacial score (nSPS) is 17.0. The fraction of sp³-hybridized carbons (Fsp3) is 0.818. The number of allylic oxidation sites excluding steroid dienone is 1. The topological polar surface area (TPSA) is 27.3 Å². The molecule has 0 spiro atoms. The minimum atomic E-state index is 0.963. The van der Waals surface area contributed by atoms with E-state index < -0.39 is 0 Å². The maximum atomic E-state index is 3.36. The number of nitrogens with zero attached hydrogens (tertiary/aromatic N) is 1. The Balaban J connectivity index is 0.000000500. The van der Waals surface area contributed by atoms with Crippen molar-refractivity contribution in [3.05, 3.63) is 12.7 Å². The maximum absolute atomic E-state index is 3.36. The predicted molar refractivity (Wildman–Crippen MR) is 63.0 cm³/mol. The lowest BCUT2D eigenvalue weighted by Crippen LogP contribution is -2.50. The van der Waals surface area contributed by atoms with E-state index >= 15 is 0 Å². The van der Waals surface area contributed by atoms with Gasteiger partial charge >= 0.3 is 0 Å². The van der Waals surface area contributed by atoms with Crippen LogP contribution in [0.4, 0.5) is 0 Å². The van der Waals surface area contributed by atoms with Crippen molar-refractivity contribution in [3.8, 4) is 0 Å². The van der Waals surface area contributed by atoms with E-state index in [-0.39, 0.29) is 0 Å². The molecule has 0 bridgehead atoms. The highest BCUT2D eigenvalue weighted by Gasteiger charge is 2.06. The molecule has 3 heteroatoms. The molecule has 0 atom stereocenters. The van der Waals surface area contributed by atoms with Gasteiger partial charge in [-0.2, -0.15) is 0 Å². The highest BCUT2D eigenvalue weighted by molar-refractivity contribution is 4.59. The Morgan fingerprint density at radius 3 is 2.36 bits per heavy atom. The zero-order valence-electron chi connectivity index (χ0n) is 9.68. The van der Waals surface area contributed by atoms with Crippen LogP contribution in [0.2, 0.25) is 0 Å². The summed E-state index contributed by atoms with van der Waals surface area (Å²) in [5, 5.41) is 6.55. The van der Waals surface area contributed by atoms with E-state index in [1.165, 1.54) is 25.8 Å². The largest absolute Gasteiger partial charge is 0.292 e. The van der Waals surface area contributed by atoms with Gasteiger partial charge in [-0.05, 0) is 13.3 Å². The molecule has 1 rings (SSSR count). The fourth-order valence-corrected chi connectivity index (χ4v) is 1.32. The van der Waals surface area contributed by atoms with Gasteiger partial charge in [0.05, 0.1) is 13.3 Å². The lowest BCUT2D eigenvalue weighted by atomic mass is 10.2. The molecular formula is C11H25N3. The van der Waals surface area contributed by atoms with Crippen LogP contribution < -0.4 is 10.6 Å². The molecule has 1 aliphatic heterocycles. The fourth-order valence-electron chi connectivity index (χ4n) is 1.32. The minimum Gasteiger partial charge on any atom is -0.292 e. The third-order valence-electron chi connectivity index (χ3n) is 2.00. The first-order valence-electron chi connectivity index (χ1n) is 5.56. The first kappa shape index (κ1) is 13.6. The molecule has 0 saturated carbocycles. The molecule has 1 saturated heterocycles. The zero-order valence-corrected chi connectivity index (χ0v) is 9.68. The van der Waals surface area contributed by atoms with Crippen LogP contribution in [-0.4, -0.2) is 31.5 Å². The standard InChI is InChI=1S/C8H19N3.C3H6/c1-2-3-4-5-11-7-9-6-10-8-11;1-3-2/h9-10H,2-8H2,1H3;3H,1H2,2H3. The molecule has 84 valence electrons. The van der Waals surface area contributed by atoms with E-state index in [2.05, 4.69) is 29.0 Å². The van der Waals surface area contributed by atoms with Gasteiger partial charge in [-0.25, -0.2) is 0 Å². The summed E-state index contributed by atoms with van der Waals surface area (Å²) in [6, 6.07) is 0. The molecule has 0 amide bonds. The molecule has 3 nitrogen and oxygen atoms in total. The number of unbranched alkanes of at least 4 members (excludes halogenated alkanes) is 2. The second kappa shape index (κ2) is 10.7. The molecule has 0 aromatic carbocycles. The van der Waals surface area contributed by atoms with Crippen LogP contribution in [0.5, 0.6) is 0 Å². The summed E-state index contributed by atoms with van der Waals surface area (Å²) in [5.41, 5.74) is 0. The van der Waals surface area contributed by atoms with E-state index in [9.17, 15) is 0 Å². The lowest BCUT2D eigenvalue weighted by molar-refractivity contribution is 0.188. The first-order chi connectivity index (χ1) is 6.85. The summed E-state index contributed by atoms with van der Waals surface area (Å²) in [6.07, 6.45) is 5.76. The van der Waals surface area contributed by atoms with Crippen molar-refractivity contribution in [2.75, 3.05) is 26.6 Å². The maximum Gasteiger partial charge on any atom is 0.0502 e. The molecule has 2 N–H and O–H groups in total. The molecule has 0 radical (unpaired) electrons. The third-order valence-corrected chi connectivity index (χ3v) is 2.00. The molecule has 0 aliphatic carbocycles. The van der Waals surface area contributed by atoms with E-state index in [4.69, 9.17) is 0 Å². The van der Waals surface area contributed by atoms with Gasteiger partial charge in [-0.15, -0.1) is 6.58 Å². The third kappa shape index (κ3) is 8.23. The molecule has 0 aromatic rings. The van der Waals surface area contributed by atoms with Gasteiger partial charge in [0.25, 0.3) is 0 Å². The van der Waals surface area contributed by atoms with E-state index in [0.717, 1.165) is 20.0 Å². The second-order valence-corrected chi connectivity index (χ2v) is 3.50. The van der Waals surface area contributed by atoms with Crippen LogP contribution in [0.1, 0.15) is 33.1 Å². The first-order valence-corrected chi connectivity index (χ1v) is 5.56. The monoisotopic (exact) mass is 199 g/mol. The van der Waals surface area contributed by atoms with Crippen molar-refractivity contribution < 1.29 is 0 Å². The smallest absolute Gasteiger partial charge is 0.0502 e. The zero-order chi connectivity index (χ0) is 10.6. The van der Waals surface area contributed by atoms with Crippen LogP contribution >= 0.6 is 0 Å². The summed E-state index contributed by atoms with van der Waals surface area (Å²) < 4.78 is 0. The highest BCUT2D eigenvalue weighted by atomic mass is 15.4. The SMILES string of the molecule is C=CC.CCCCCN1CNCNC1. The number of nitrogens with one attached hydrogen (secondary N) is 2. The van der Waals surface area contributed by atoms with Crippen LogP contribution in [0.25, 0.3) is 0 Å². The molecule has 0 aromatic heterocycles. The van der Waals surface area contributed by atoms with Gasteiger partial charge in [-0.3, -0.25) is 15.5 Å². The van der Waals surface area contributed by atoms with Gasteiger partial charge in [0.2, 0.25) is 0 Å². The van der Waals surface area contributed by atoms with Gasteiger partial charge in [0.1, 0.15) is 0 Å². The molecule has 1 heterocycles. The van der Waals surface area contributed by atoms with Crippen LogP contribution in [0.15, 0.2) is 12.7 Å². The molecule has 1 fully saturated rings. The number of hydrogen-bond donors (Lipinski definition) is 2. The van der Waals surface area contributed by atoms with Crippen molar-refractivity contribution in [2.24, 2.45) is 0 Å². The summed E-state index contributed by atoms with van der Waals surface area (Å²) in [5.74, 6) is 0. The highest BCUT2D eigenvalue weighted by Crippen LogP contribution is 1.97. The van der Waals surface area contributed by atoms with Crippen molar-refractivity contribution in [3.63, 3.8) is 0 Å². The van der Waals surface area contributed by atoms with Crippen LogP contribution in [-0.2, 0) is 0 Å². The van der Waals surface area contributed by atoms with Crippen molar-refractivity contribution in [1.82, 2.24) is 15.5 Å². The summed E-state index contributed by atoms with van der Waals surface area (Å²) >= 11 is 0. The van der Waals surface area contributed by atoms with Gasteiger partial charge in [0.15, 0.2) is 0 Å². The van der Waals surface area contributed by atoms with Gasteiger partial charge < -0.3 is 0 Å². The second-order valence-electron chi connectivity index (χ2n) is 3.50. The molecule has 14 heavy (non-hydrogen) atoms. The van der Waals surface area contributed by atoms with Crippen LogP contribution in [0, 0.1) is 0 Å². The average molecular weight is 199 g/mol. The summed E-state index contributed by atoms with van der Waals surface area (Å²) in [7, 11) is 0. The predicted octanol–water partition coefficient (Wildman–Crippen LogP) is 1.74. The average Bonchev–Trinajstić information content (AvgIpc) is 2.21. The number of hydrogen-bond acceptors (Lipinski definition) is 3. The Morgan fingerprint density at radius 2 is 1.86 bits per heavy atom. The summed E-state index contributed by atoms with van der Waals surface area (Å²) in [6.45, 7) is 11.8. The Labute approximate surface area is 88.6 Å². The van der Waals surface area contributed by atoms with E-state index in [1.54, 1.807) is 6.08 Å². The quantitative estimate of drug-likeness (QED) is 0.533. The Kier molecular flexibility index (Phi) is 10.4. The minimum absolute atomic E-state index is 0.963. The molecular weight excluding hydrogens is 174 g/mol. The van der Waals surface area contributed by atoms with Crippen LogP contribution in [0.3, 0.4) is 0 Å². The van der Waals surface area contributed by atoms with Gasteiger partial charge in [0, 0.05) is 13.2 Å². The summed E-state index contributed by atoms with van der Waals surface area (Å²) in [4.78, 5) is 2.40. The Bertz CT molecular complexity index is 120. The Morgan fingerprint density at radius 1 is 1.29 bits per heavy atom. The van der Waals surface area contributed by atoms with Crippen molar-refractivity contribution in [1.29, 1.82) is 0 Å². The van der Waals surface area contributed by atoms with Crippen molar-refractivity contribution >= 4 is 0 Å². The van der Waals surface area contributed by atoms with E-state index in [0.29, 0.717) is 0 Å².